The van der Waals surface area contributed by atoms with Gasteiger partial charge in [-0.3, -0.25) is 0 Å². The normalized spacial score (nSPS) is 15.8. The van der Waals surface area contributed by atoms with Gasteiger partial charge in [0.25, 0.3) is 0 Å². The predicted octanol–water partition coefficient (Wildman–Crippen LogP) is 2.48. The summed E-state index contributed by atoms with van der Waals surface area (Å²) >= 11 is 0. The molecule has 1 aliphatic rings. The third-order valence-corrected chi connectivity index (χ3v) is 3.25. The molecule has 3 rings (SSSR count). The van der Waals surface area contributed by atoms with Gasteiger partial charge in [0.15, 0.2) is 11.4 Å². The van der Waals surface area contributed by atoms with Crippen molar-refractivity contribution in [1.29, 1.82) is 0 Å². The first kappa shape index (κ1) is 11.8. The van der Waals surface area contributed by atoms with Gasteiger partial charge in [-0.15, -0.1) is 0 Å². The van der Waals surface area contributed by atoms with Gasteiger partial charge >= 0.3 is 5.97 Å². The van der Waals surface area contributed by atoms with Crippen LogP contribution in [0.3, 0.4) is 0 Å². The van der Waals surface area contributed by atoms with Crippen molar-refractivity contribution >= 4 is 5.97 Å². The van der Waals surface area contributed by atoms with Crippen LogP contribution in [0.2, 0.25) is 0 Å². The van der Waals surface area contributed by atoms with Gasteiger partial charge in [0.05, 0.1) is 18.6 Å². The van der Waals surface area contributed by atoms with Crippen molar-refractivity contribution in [2.24, 2.45) is 0 Å². The summed E-state index contributed by atoms with van der Waals surface area (Å²) in [6.07, 6.45) is 7.17. The van der Waals surface area contributed by atoms with Gasteiger partial charge in [0.1, 0.15) is 0 Å². The maximum Gasteiger partial charge on any atom is 0.358 e. The van der Waals surface area contributed by atoms with E-state index in [4.69, 9.17) is 9.15 Å². The smallest absolute Gasteiger partial charge is 0.358 e. The Balaban J connectivity index is 1.94. The summed E-state index contributed by atoms with van der Waals surface area (Å²) in [6.45, 7) is 0. The highest BCUT2D eigenvalue weighted by atomic mass is 16.5. The van der Waals surface area contributed by atoms with Gasteiger partial charge < -0.3 is 14.3 Å². The van der Waals surface area contributed by atoms with Crippen molar-refractivity contribution < 1.29 is 19.1 Å². The molecule has 1 saturated carbocycles. The number of carbonyl (C=O) groups is 1. The van der Waals surface area contributed by atoms with Crippen molar-refractivity contribution in [2.75, 3.05) is 0 Å². The molecule has 6 heteroatoms. The minimum absolute atomic E-state index is 0.00171. The number of carboxylic acid groups (broad SMARTS) is 1. The standard InChI is InChI=1S/C13H14N2O4/c16-13(17)12-10(19-9-4-1-2-5-9)8-14-15(12)11-6-3-7-18-11/h3,6-9H,1-2,4-5H2,(H,16,17). The van der Waals surface area contributed by atoms with E-state index in [1.165, 1.54) is 17.1 Å². The first-order valence-corrected chi connectivity index (χ1v) is 6.27. The maximum atomic E-state index is 11.4. The number of aromatic nitrogens is 2. The molecule has 0 aromatic carbocycles. The summed E-state index contributed by atoms with van der Waals surface area (Å²) in [5.41, 5.74) is 0.00171. The van der Waals surface area contributed by atoms with Crippen molar-refractivity contribution in [2.45, 2.75) is 31.8 Å². The Bertz CT molecular complexity index is 567. The van der Waals surface area contributed by atoms with Crippen LogP contribution < -0.4 is 4.74 Å². The molecule has 2 aromatic rings. The molecule has 0 spiro atoms. The predicted molar refractivity (Wildman–Crippen MR) is 65.7 cm³/mol. The number of hydrogen-bond acceptors (Lipinski definition) is 4. The minimum Gasteiger partial charge on any atom is -0.486 e. The molecule has 0 unspecified atom stereocenters. The molecule has 0 saturated heterocycles. The summed E-state index contributed by atoms with van der Waals surface area (Å²) in [4.78, 5) is 11.4. The fourth-order valence-electron chi connectivity index (χ4n) is 2.36. The Morgan fingerprint density at radius 1 is 1.47 bits per heavy atom. The number of furan rings is 1. The molecule has 0 bridgehead atoms. The highest BCUT2D eigenvalue weighted by molar-refractivity contribution is 5.89. The number of rotatable bonds is 4. The molecule has 1 fully saturated rings. The summed E-state index contributed by atoms with van der Waals surface area (Å²) in [5, 5.41) is 13.4. The lowest BCUT2D eigenvalue weighted by Crippen LogP contribution is -2.14. The zero-order valence-electron chi connectivity index (χ0n) is 10.3. The van der Waals surface area contributed by atoms with E-state index >= 15 is 0 Å². The third kappa shape index (κ3) is 2.21. The molecule has 1 aliphatic carbocycles. The molecular weight excluding hydrogens is 248 g/mol. The number of carboxylic acids is 1. The molecular formula is C13H14N2O4. The van der Waals surface area contributed by atoms with Crippen LogP contribution in [0.1, 0.15) is 36.2 Å². The zero-order chi connectivity index (χ0) is 13.2. The first-order valence-electron chi connectivity index (χ1n) is 6.27. The second kappa shape index (κ2) is 4.79. The molecule has 19 heavy (non-hydrogen) atoms. The molecule has 2 heterocycles. The van der Waals surface area contributed by atoms with Crippen molar-refractivity contribution in [3.8, 4) is 11.6 Å². The Morgan fingerprint density at radius 2 is 2.26 bits per heavy atom. The van der Waals surface area contributed by atoms with Crippen LogP contribution in [-0.4, -0.2) is 27.0 Å². The average molecular weight is 262 g/mol. The lowest BCUT2D eigenvalue weighted by Gasteiger charge is -2.11. The van der Waals surface area contributed by atoms with Crippen LogP contribution >= 0.6 is 0 Å². The number of aromatic carboxylic acids is 1. The molecule has 0 amide bonds. The van der Waals surface area contributed by atoms with E-state index in [2.05, 4.69) is 5.10 Å². The molecule has 0 radical (unpaired) electrons. The van der Waals surface area contributed by atoms with E-state index in [0.717, 1.165) is 25.7 Å². The minimum atomic E-state index is -1.08. The Morgan fingerprint density at radius 3 is 2.89 bits per heavy atom. The van der Waals surface area contributed by atoms with E-state index in [0.29, 0.717) is 11.6 Å². The van der Waals surface area contributed by atoms with Gasteiger partial charge in [-0.25, -0.2) is 4.79 Å². The van der Waals surface area contributed by atoms with Gasteiger partial charge in [-0.1, -0.05) is 0 Å². The fourth-order valence-corrected chi connectivity index (χ4v) is 2.36. The van der Waals surface area contributed by atoms with Crippen LogP contribution in [-0.2, 0) is 0 Å². The summed E-state index contributed by atoms with van der Waals surface area (Å²) in [5.74, 6) is -0.420. The van der Waals surface area contributed by atoms with E-state index in [1.54, 1.807) is 12.1 Å². The van der Waals surface area contributed by atoms with Crippen LogP contribution in [0.4, 0.5) is 0 Å². The topological polar surface area (TPSA) is 77.5 Å². The average Bonchev–Trinajstić information content (AvgIpc) is 3.09. The van der Waals surface area contributed by atoms with E-state index in [9.17, 15) is 9.90 Å². The number of ether oxygens (including phenoxy) is 1. The zero-order valence-corrected chi connectivity index (χ0v) is 10.3. The summed E-state index contributed by atoms with van der Waals surface area (Å²) in [7, 11) is 0. The Labute approximate surface area is 109 Å². The molecule has 100 valence electrons. The number of nitrogens with zero attached hydrogens (tertiary/aromatic N) is 2. The largest absolute Gasteiger partial charge is 0.486 e. The molecule has 2 aromatic heterocycles. The lowest BCUT2D eigenvalue weighted by molar-refractivity contribution is 0.0678. The second-order valence-corrected chi connectivity index (χ2v) is 4.55. The second-order valence-electron chi connectivity index (χ2n) is 4.55. The lowest BCUT2D eigenvalue weighted by atomic mass is 10.3. The first-order chi connectivity index (χ1) is 9.25. The highest BCUT2D eigenvalue weighted by Crippen LogP contribution is 2.28. The molecule has 1 N–H and O–H groups in total. The molecule has 6 nitrogen and oxygen atoms in total. The number of hydrogen-bond donors (Lipinski definition) is 1. The van der Waals surface area contributed by atoms with Crippen molar-refractivity contribution in [1.82, 2.24) is 9.78 Å². The van der Waals surface area contributed by atoms with Crippen LogP contribution in [0, 0.1) is 0 Å². The van der Waals surface area contributed by atoms with Crippen LogP contribution in [0.15, 0.2) is 29.0 Å². The molecule has 0 aliphatic heterocycles. The summed E-state index contributed by atoms with van der Waals surface area (Å²) < 4.78 is 12.2. The third-order valence-electron chi connectivity index (χ3n) is 3.25. The highest BCUT2D eigenvalue weighted by Gasteiger charge is 2.25. The SMILES string of the molecule is O=C(O)c1c(OC2CCCC2)cnn1-c1ccco1. The van der Waals surface area contributed by atoms with Gasteiger partial charge in [-0.2, -0.15) is 9.78 Å². The van der Waals surface area contributed by atoms with E-state index in [1.807, 2.05) is 0 Å². The van der Waals surface area contributed by atoms with Gasteiger partial charge in [0, 0.05) is 6.07 Å². The van der Waals surface area contributed by atoms with Crippen molar-refractivity contribution in [3.05, 3.63) is 30.3 Å². The van der Waals surface area contributed by atoms with E-state index < -0.39 is 5.97 Å². The van der Waals surface area contributed by atoms with Crippen LogP contribution in [0.5, 0.6) is 5.75 Å². The Kier molecular flexibility index (Phi) is 2.98. The fraction of sp³-hybridized carbons (Fsp3) is 0.385. The van der Waals surface area contributed by atoms with E-state index in [-0.39, 0.29) is 11.8 Å². The Hall–Kier alpha value is -2.24. The maximum absolute atomic E-state index is 11.4. The van der Waals surface area contributed by atoms with Gasteiger partial charge in [-0.05, 0) is 31.7 Å². The monoisotopic (exact) mass is 262 g/mol. The van der Waals surface area contributed by atoms with Crippen molar-refractivity contribution in [3.63, 3.8) is 0 Å². The molecule has 0 atom stereocenters. The van der Waals surface area contributed by atoms with Gasteiger partial charge in [0.2, 0.25) is 5.88 Å². The summed E-state index contributed by atoms with van der Waals surface area (Å²) in [6, 6.07) is 3.33. The quantitative estimate of drug-likeness (QED) is 0.915. The van der Waals surface area contributed by atoms with Crippen LogP contribution in [0.25, 0.3) is 5.88 Å².